The average Bonchev–Trinajstić information content (AvgIpc) is 2.28. The first-order valence-electron chi connectivity index (χ1n) is 7.97. The monoisotopic (exact) mass is 333 g/mol. The van der Waals surface area contributed by atoms with E-state index in [-0.39, 0.29) is 33.2 Å². The van der Waals surface area contributed by atoms with Crippen LogP contribution in [0.1, 0.15) is 79.1 Å². The molecule has 0 heterocycles. The van der Waals surface area contributed by atoms with Crippen molar-refractivity contribution in [1.82, 2.24) is 6.15 Å². The minimum absolute atomic E-state index is 0. The second-order valence-corrected chi connectivity index (χ2v) is 8.56. The van der Waals surface area contributed by atoms with Gasteiger partial charge in [-0.15, -0.1) is 0 Å². The van der Waals surface area contributed by atoms with Gasteiger partial charge >= 0.3 is 0 Å². The predicted molar refractivity (Wildman–Crippen MR) is 104 cm³/mol. The van der Waals surface area contributed by atoms with E-state index in [2.05, 4.69) is 81.4 Å². The Bertz CT molecular complexity index is 486. The topological polar surface area (TPSA) is 35.0 Å². The van der Waals surface area contributed by atoms with E-state index in [1.54, 1.807) is 0 Å². The van der Waals surface area contributed by atoms with E-state index in [1.165, 1.54) is 22.3 Å². The Labute approximate surface area is 144 Å². The van der Waals surface area contributed by atoms with Gasteiger partial charge in [-0.25, -0.2) is 0 Å². The molecular formula is C20H41F2N. The maximum Gasteiger partial charge on any atom is 0.00218 e. The molecule has 0 aromatic heterocycles. The number of rotatable bonds is 2. The Hall–Kier alpha value is -0.960. The summed E-state index contributed by atoms with van der Waals surface area (Å²) in [6.07, 6.45) is 1.12. The highest BCUT2D eigenvalue weighted by Crippen LogP contribution is 2.53. The summed E-state index contributed by atoms with van der Waals surface area (Å²) in [7, 11) is 0. The second-order valence-electron chi connectivity index (χ2n) is 8.56. The molecule has 0 unspecified atom stereocenters. The van der Waals surface area contributed by atoms with Crippen molar-refractivity contribution in [3.63, 3.8) is 0 Å². The van der Waals surface area contributed by atoms with Crippen molar-refractivity contribution in [3.8, 4) is 0 Å². The molecule has 140 valence electrons. The molecule has 0 atom stereocenters. The number of hydrogen-bond acceptors (Lipinski definition) is 1. The van der Waals surface area contributed by atoms with Crippen LogP contribution in [-0.2, 0) is 11.8 Å². The van der Waals surface area contributed by atoms with Crippen LogP contribution in [0.3, 0.4) is 0 Å². The molecule has 0 bridgehead atoms. The summed E-state index contributed by atoms with van der Waals surface area (Å²) in [5.41, 5.74) is 6.47. The summed E-state index contributed by atoms with van der Waals surface area (Å²) in [6.45, 7) is 23.5. The third-order valence-corrected chi connectivity index (χ3v) is 5.73. The highest BCUT2D eigenvalue weighted by molar-refractivity contribution is 5.42. The molecule has 1 rings (SSSR count). The number of hydrogen-bond donors (Lipinski definition) is 1. The Morgan fingerprint density at radius 2 is 1.22 bits per heavy atom. The first-order valence-corrected chi connectivity index (χ1v) is 7.97. The fourth-order valence-electron chi connectivity index (χ4n) is 3.58. The lowest BCUT2D eigenvalue weighted by atomic mass is 9.52. The Kier molecular flexibility index (Phi) is 9.63. The molecule has 1 aromatic carbocycles. The molecule has 0 amide bonds. The molecule has 1 nitrogen and oxygen atoms in total. The summed E-state index contributed by atoms with van der Waals surface area (Å²) < 4.78 is 0. The van der Waals surface area contributed by atoms with E-state index in [0.717, 1.165) is 6.42 Å². The molecule has 23 heavy (non-hydrogen) atoms. The molecule has 0 saturated carbocycles. The van der Waals surface area contributed by atoms with Crippen LogP contribution in [-0.4, -0.2) is 0 Å². The summed E-state index contributed by atoms with van der Waals surface area (Å²) in [5, 5.41) is 0. The summed E-state index contributed by atoms with van der Waals surface area (Å²) in [6, 6.07) is 4.88. The number of aryl methyl sites for hydroxylation is 2. The van der Waals surface area contributed by atoms with Gasteiger partial charge in [-0.3, -0.25) is 9.41 Å². The van der Waals surface area contributed by atoms with Crippen molar-refractivity contribution in [1.29, 1.82) is 0 Å². The normalized spacial score (nSPS) is 11.9. The van der Waals surface area contributed by atoms with Crippen LogP contribution < -0.4 is 6.15 Å². The highest BCUT2D eigenvalue weighted by atomic mass is 19.0. The maximum atomic E-state index is 2.46. The summed E-state index contributed by atoms with van der Waals surface area (Å²) >= 11 is 0. The fraction of sp³-hybridized carbons (Fsp3) is 0.700. The second kappa shape index (κ2) is 8.23. The maximum absolute atomic E-state index is 2.46. The molecule has 0 aliphatic heterocycles. The number of benzene rings is 1. The van der Waals surface area contributed by atoms with Crippen molar-refractivity contribution >= 4 is 0 Å². The van der Waals surface area contributed by atoms with Crippen molar-refractivity contribution in [3.05, 3.63) is 34.4 Å². The van der Waals surface area contributed by atoms with Gasteiger partial charge in [-0.2, -0.15) is 0 Å². The van der Waals surface area contributed by atoms with Gasteiger partial charge in [0.2, 0.25) is 0 Å². The van der Waals surface area contributed by atoms with Crippen molar-refractivity contribution in [2.75, 3.05) is 0 Å². The number of halogens is 2. The van der Waals surface area contributed by atoms with Gasteiger partial charge in [0.25, 0.3) is 0 Å². The molecule has 1 aromatic rings. The van der Waals surface area contributed by atoms with E-state index in [0.29, 0.717) is 0 Å². The van der Waals surface area contributed by atoms with Gasteiger partial charge in [0, 0.05) is 6.84 Å². The Morgan fingerprint density at radius 3 is 1.52 bits per heavy atom. The quantitative estimate of drug-likeness (QED) is 0.625. The van der Waals surface area contributed by atoms with E-state index in [4.69, 9.17) is 0 Å². The fourth-order valence-corrected chi connectivity index (χ4v) is 3.58. The van der Waals surface area contributed by atoms with Crippen LogP contribution in [0.5, 0.6) is 0 Å². The first kappa shape index (κ1) is 26.9. The Balaban J connectivity index is -0.000000500. The van der Waals surface area contributed by atoms with E-state index < -0.39 is 0 Å². The van der Waals surface area contributed by atoms with E-state index >= 15 is 0 Å². The molecular weight excluding hydrogens is 292 g/mol. The SMILES string of the molecule is CCc1cc(C(C)(C(C)(C)C)C(C)(C)C)cc(C)c1C.F.F.N.[HH]. The zero-order valence-electron chi connectivity index (χ0n) is 16.9. The third kappa shape index (κ3) is 4.53. The van der Waals surface area contributed by atoms with Crippen LogP contribution in [0.15, 0.2) is 12.1 Å². The molecule has 3 N–H and O–H groups in total. The summed E-state index contributed by atoms with van der Waals surface area (Å²) in [5.74, 6) is 0. The van der Waals surface area contributed by atoms with Gasteiger partial charge < -0.3 is 6.15 Å². The lowest BCUT2D eigenvalue weighted by molar-refractivity contribution is 0.0693. The highest BCUT2D eigenvalue weighted by Gasteiger charge is 2.47. The van der Waals surface area contributed by atoms with Gasteiger partial charge in [-0.05, 0) is 53.4 Å². The molecule has 0 aliphatic rings. The smallest absolute Gasteiger partial charge is 0.00218 e. The van der Waals surface area contributed by atoms with Crippen molar-refractivity contribution in [2.24, 2.45) is 10.8 Å². The first-order chi connectivity index (χ1) is 8.86. The lowest BCUT2D eigenvalue weighted by Gasteiger charge is -2.52. The molecule has 3 heteroatoms. The predicted octanol–water partition coefficient (Wildman–Crippen LogP) is 6.93. The summed E-state index contributed by atoms with van der Waals surface area (Å²) in [4.78, 5) is 0. The van der Waals surface area contributed by atoms with Crippen LogP contribution in [0.4, 0.5) is 9.41 Å². The molecule has 0 spiro atoms. The zero-order chi connectivity index (χ0) is 15.9. The molecule has 0 aliphatic carbocycles. The zero-order valence-corrected chi connectivity index (χ0v) is 16.9. The van der Waals surface area contributed by atoms with Gasteiger partial charge in [-0.1, -0.05) is 67.5 Å². The molecule has 0 fully saturated rings. The minimum atomic E-state index is 0. The van der Waals surface area contributed by atoms with Crippen LogP contribution in [0.25, 0.3) is 0 Å². The van der Waals surface area contributed by atoms with Gasteiger partial charge in [0.1, 0.15) is 0 Å². The van der Waals surface area contributed by atoms with E-state index in [9.17, 15) is 0 Å². The van der Waals surface area contributed by atoms with Crippen LogP contribution in [0.2, 0.25) is 0 Å². The Morgan fingerprint density at radius 1 is 0.826 bits per heavy atom. The standard InChI is InChI=1S/C20H34.2FH.H3N.H2/c1-11-16-13-17(12-14(2)15(16)3)20(10,18(4,5)6)19(7,8)9;;;;/h12-13H,11H2,1-10H3;2*1H;1H3;1H. The molecule has 0 saturated heterocycles. The molecule has 0 radical (unpaired) electrons. The average molecular weight is 334 g/mol. The van der Waals surface area contributed by atoms with Gasteiger partial charge in [0.05, 0.1) is 0 Å². The van der Waals surface area contributed by atoms with Gasteiger partial charge in [0.15, 0.2) is 0 Å². The van der Waals surface area contributed by atoms with Crippen LogP contribution >= 0.6 is 0 Å². The third-order valence-electron chi connectivity index (χ3n) is 5.73. The largest absolute Gasteiger partial charge is 0.344 e. The lowest BCUT2D eigenvalue weighted by Crippen LogP contribution is -2.48. The van der Waals surface area contributed by atoms with E-state index in [1.807, 2.05) is 0 Å². The van der Waals surface area contributed by atoms with Crippen LogP contribution in [0, 0.1) is 24.7 Å². The minimum Gasteiger partial charge on any atom is -0.344 e. The van der Waals surface area contributed by atoms with Crippen molar-refractivity contribution < 1.29 is 10.8 Å². The van der Waals surface area contributed by atoms with Crippen molar-refractivity contribution in [2.45, 2.75) is 81.1 Å².